The quantitative estimate of drug-likeness (QED) is 0.800. The molecule has 18 heavy (non-hydrogen) atoms. The Morgan fingerprint density at radius 3 is 3.06 bits per heavy atom. The number of anilines is 1. The monoisotopic (exact) mass is 248 g/mol. The van der Waals surface area contributed by atoms with E-state index in [9.17, 15) is 4.79 Å². The second-order valence-corrected chi connectivity index (χ2v) is 4.71. The van der Waals surface area contributed by atoms with Crippen LogP contribution in [0, 0.1) is 6.92 Å². The topological polar surface area (TPSA) is 50.4 Å². The highest BCUT2D eigenvalue weighted by Gasteiger charge is 2.16. The molecule has 4 heteroatoms. The molecular formula is C14H20N2O2. The van der Waals surface area contributed by atoms with E-state index in [0.29, 0.717) is 11.6 Å². The Kier molecular flexibility index (Phi) is 4.20. The zero-order valence-electron chi connectivity index (χ0n) is 11.0. The molecule has 1 fully saturated rings. The highest BCUT2D eigenvalue weighted by Crippen LogP contribution is 2.19. The van der Waals surface area contributed by atoms with Gasteiger partial charge in [0.2, 0.25) is 0 Å². The summed E-state index contributed by atoms with van der Waals surface area (Å²) in [5.41, 5.74) is 2.51. The number of carbonyl (C=O) groups is 1. The molecular weight excluding hydrogens is 228 g/mol. The van der Waals surface area contributed by atoms with Gasteiger partial charge >= 0.3 is 5.97 Å². The summed E-state index contributed by atoms with van der Waals surface area (Å²) in [5, 5.41) is 6.76. The predicted molar refractivity (Wildman–Crippen MR) is 72.0 cm³/mol. The molecule has 1 aliphatic heterocycles. The van der Waals surface area contributed by atoms with Crippen molar-refractivity contribution in [3.8, 4) is 0 Å². The van der Waals surface area contributed by atoms with Crippen LogP contribution in [0.5, 0.6) is 0 Å². The van der Waals surface area contributed by atoms with Crippen LogP contribution in [0.4, 0.5) is 5.69 Å². The van der Waals surface area contributed by atoms with Crippen LogP contribution < -0.4 is 10.6 Å². The first-order valence-electron chi connectivity index (χ1n) is 6.37. The number of carbonyl (C=O) groups excluding carboxylic acids is 1. The Bertz CT molecular complexity index is 426. The van der Waals surface area contributed by atoms with Gasteiger partial charge in [-0.1, -0.05) is 11.6 Å². The number of hydrogen-bond acceptors (Lipinski definition) is 4. The lowest BCUT2D eigenvalue weighted by atomic mass is 10.1. The molecule has 0 bridgehead atoms. The molecule has 1 saturated heterocycles. The lowest BCUT2D eigenvalue weighted by Gasteiger charge is -2.15. The standard InChI is InChI=1S/C14H20N2O2/c1-10-5-6-13(12(8-10)14(17)18-2)16-9-11-4-3-7-15-11/h5-6,8,11,15-16H,3-4,7,9H2,1-2H3. The van der Waals surface area contributed by atoms with Crippen LogP contribution in [0.3, 0.4) is 0 Å². The Balaban J connectivity index is 2.08. The first kappa shape index (κ1) is 12.9. The van der Waals surface area contributed by atoms with E-state index in [1.54, 1.807) is 0 Å². The van der Waals surface area contributed by atoms with E-state index < -0.39 is 0 Å². The maximum Gasteiger partial charge on any atom is 0.339 e. The summed E-state index contributed by atoms with van der Waals surface area (Å²) in [5.74, 6) is -0.291. The van der Waals surface area contributed by atoms with E-state index in [1.165, 1.54) is 20.0 Å². The first-order chi connectivity index (χ1) is 8.70. The summed E-state index contributed by atoms with van der Waals surface area (Å²) in [6.45, 7) is 3.89. The molecule has 98 valence electrons. The summed E-state index contributed by atoms with van der Waals surface area (Å²) in [6, 6.07) is 6.29. The maximum atomic E-state index is 11.7. The van der Waals surface area contributed by atoms with Crippen LogP contribution in [-0.2, 0) is 4.74 Å². The molecule has 0 amide bonds. The van der Waals surface area contributed by atoms with Crippen molar-refractivity contribution in [1.29, 1.82) is 0 Å². The van der Waals surface area contributed by atoms with Gasteiger partial charge in [-0.25, -0.2) is 4.79 Å². The van der Waals surface area contributed by atoms with Crippen molar-refractivity contribution in [1.82, 2.24) is 5.32 Å². The van der Waals surface area contributed by atoms with Crippen molar-refractivity contribution in [2.45, 2.75) is 25.8 Å². The van der Waals surface area contributed by atoms with Crippen LogP contribution in [0.15, 0.2) is 18.2 Å². The molecule has 1 atom stereocenters. The molecule has 1 aromatic rings. The number of nitrogens with one attached hydrogen (secondary N) is 2. The van der Waals surface area contributed by atoms with Crippen LogP contribution >= 0.6 is 0 Å². The van der Waals surface area contributed by atoms with E-state index in [-0.39, 0.29) is 5.97 Å². The average molecular weight is 248 g/mol. The third-order valence-electron chi connectivity index (χ3n) is 3.28. The van der Waals surface area contributed by atoms with Gasteiger partial charge in [0.25, 0.3) is 0 Å². The Morgan fingerprint density at radius 2 is 2.39 bits per heavy atom. The van der Waals surface area contributed by atoms with Gasteiger partial charge in [-0.15, -0.1) is 0 Å². The molecule has 0 aromatic heterocycles. The fourth-order valence-corrected chi connectivity index (χ4v) is 2.26. The molecule has 4 nitrogen and oxygen atoms in total. The average Bonchev–Trinajstić information content (AvgIpc) is 2.89. The Hall–Kier alpha value is -1.55. The number of hydrogen-bond donors (Lipinski definition) is 2. The molecule has 2 N–H and O–H groups in total. The zero-order valence-corrected chi connectivity index (χ0v) is 11.0. The fourth-order valence-electron chi connectivity index (χ4n) is 2.26. The van der Waals surface area contributed by atoms with Crippen LogP contribution in [-0.4, -0.2) is 32.2 Å². The molecule has 1 heterocycles. The highest BCUT2D eigenvalue weighted by atomic mass is 16.5. The predicted octanol–water partition coefficient (Wildman–Crippen LogP) is 1.95. The van der Waals surface area contributed by atoms with Crippen molar-refractivity contribution in [3.05, 3.63) is 29.3 Å². The molecule has 1 aromatic carbocycles. The normalized spacial score (nSPS) is 18.7. The number of ether oxygens (including phenoxy) is 1. The highest BCUT2D eigenvalue weighted by molar-refractivity contribution is 5.95. The minimum absolute atomic E-state index is 0.291. The summed E-state index contributed by atoms with van der Waals surface area (Å²) >= 11 is 0. The van der Waals surface area contributed by atoms with Gasteiger partial charge in [0, 0.05) is 18.3 Å². The molecule has 0 spiro atoms. The summed E-state index contributed by atoms with van der Waals surface area (Å²) in [6.07, 6.45) is 2.41. The fraction of sp³-hybridized carbons (Fsp3) is 0.500. The summed E-state index contributed by atoms with van der Waals surface area (Å²) in [4.78, 5) is 11.7. The number of esters is 1. The van der Waals surface area contributed by atoms with E-state index >= 15 is 0 Å². The van der Waals surface area contributed by atoms with Gasteiger partial charge in [0.15, 0.2) is 0 Å². The number of methoxy groups -OCH3 is 1. The van der Waals surface area contributed by atoms with Gasteiger partial charge in [-0.3, -0.25) is 0 Å². The molecule has 0 saturated carbocycles. The number of rotatable bonds is 4. The Morgan fingerprint density at radius 1 is 1.56 bits per heavy atom. The van der Waals surface area contributed by atoms with Crippen molar-refractivity contribution in [3.63, 3.8) is 0 Å². The van der Waals surface area contributed by atoms with Crippen molar-refractivity contribution in [2.24, 2.45) is 0 Å². The second-order valence-electron chi connectivity index (χ2n) is 4.71. The Labute approximate surface area is 108 Å². The van der Waals surface area contributed by atoms with Gasteiger partial charge in [-0.05, 0) is 38.4 Å². The molecule has 1 unspecified atom stereocenters. The lowest BCUT2D eigenvalue weighted by Crippen LogP contribution is -2.29. The smallest absolute Gasteiger partial charge is 0.339 e. The van der Waals surface area contributed by atoms with E-state index in [0.717, 1.165) is 24.3 Å². The van der Waals surface area contributed by atoms with E-state index in [4.69, 9.17) is 4.74 Å². The summed E-state index contributed by atoms with van der Waals surface area (Å²) < 4.78 is 4.81. The zero-order chi connectivity index (χ0) is 13.0. The molecule has 0 aliphatic carbocycles. The molecule has 2 rings (SSSR count). The van der Waals surface area contributed by atoms with E-state index in [2.05, 4.69) is 10.6 Å². The van der Waals surface area contributed by atoms with Gasteiger partial charge < -0.3 is 15.4 Å². The van der Waals surface area contributed by atoms with Crippen LogP contribution in [0.1, 0.15) is 28.8 Å². The van der Waals surface area contributed by atoms with Crippen molar-refractivity contribution < 1.29 is 9.53 Å². The van der Waals surface area contributed by atoms with Gasteiger partial charge in [0.1, 0.15) is 0 Å². The largest absolute Gasteiger partial charge is 0.465 e. The lowest BCUT2D eigenvalue weighted by molar-refractivity contribution is 0.0601. The van der Waals surface area contributed by atoms with Gasteiger partial charge in [0.05, 0.1) is 12.7 Å². The third-order valence-corrected chi connectivity index (χ3v) is 3.28. The van der Waals surface area contributed by atoms with Crippen LogP contribution in [0.2, 0.25) is 0 Å². The minimum atomic E-state index is -0.291. The second kappa shape index (κ2) is 5.87. The van der Waals surface area contributed by atoms with Crippen molar-refractivity contribution >= 4 is 11.7 Å². The number of benzene rings is 1. The SMILES string of the molecule is COC(=O)c1cc(C)ccc1NCC1CCCN1. The van der Waals surface area contributed by atoms with Crippen molar-refractivity contribution in [2.75, 3.05) is 25.5 Å². The molecule has 1 aliphatic rings. The third kappa shape index (κ3) is 3.01. The summed E-state index contributed by atoms with van der Waals surface area (Å²) in [7, 11) is 1.41. The first-order valence-corrected chi connectivity index (χ1v) is 6.37. The van der Waals surface area contributed by atoms with E-state index in [1.807, 2.05) is 25.1 Å². The maximum absolute atomic E-state index is 11.7. The van der Waals surface area contributed by atoms with Crippen LogP contribution in [0.25, 0.3) is 0 Å². The molecule has 0 radical (unpaired) electrons. The minimum Gasteiger partial charge on any atom is -0.465 e. The van der Waals surface area contributed by atoms with Gasteiger partial charge in [-0.2, -0.15) is 0 Å². The number of aryl methyl sites for hydroxylation is 1.